The minimum Gasteiger partial charge on any atom is -0.456 e. The second-order valence-electron chi connectivity index (χ2n) is 16.6. The summed E-state index contributed by atoms with van der Waals surface area (Å²) in [6.45, 7) is 6.50. The molecule has 0 radical (unpaired) electrons. The van der Waals surface area contributed by atoms with E-state index in [9.17, 15) is 9.59 Å². The van der Waals surface area contributed by atoms with Gasteiger partial charge in [-0.2, -0.15) is 0 Å². The number of rotatable bonds is 7. The Labute approximate surface area is 376 Å². The molecule has 4 aromatic carbocycles. The van der Waals surface area contributed by atoms with Crippen molar-refractivity contribution in [3.63, 3.8) is 0 Å². The Morgan fingerprint density at radius 2 is 1.12 bits per heavy atom. The molecule has 0 saturated carbocycles. The van der Waals surface area contributed by atoms with Crippen LogP contribution in [0.2, 0.25) is 0 Å². The number of para-hydroxylation sites is 2. The van der Waals surface area contributed by atoms with Gasteiger partial charge in [0.15, 0.2) is 0 Å². The van der Waals surface area contributed by atoms with Gasteiger partial charge < -0.3 is 49.8 Å². The van der Waals surface area contributed by atoms with Crippen LogP contribution >= 0.6 is 0 Å². The Morgan fingerprint density at radius 1 is 0.585 bits per heavy atom. The van der Waals surface area contributed by atoms with E-state index in [4.69, 9.17) is 24.7 Å². The number of anilines is 4. The molecule has 2 fully saturated rings. The molecule has 0 amide bonds. The number of aryl methyl sites for hydroxylation is 4. The average molecular weight is 870 g/mol. The lowest BCUT2D eigenvalue weighted by atomic mass is 10.0. The van der Waals surface area contributed by atoms with Crippen molar-refractivity contribution in [2.45, 2.75) is 32.2 Å². The van der Waals surface area contributed by atoms with Crippen LogP contribution < -0.4 is 41.4 Å². The molecule has 13 nitrogen and oxygen atoms in total. The molecule has 0 aliphatic carbocycles. The van der Waals surface area contributed by atoms with Crippen LogP contribution in [-0.2, 0) is 41.7 Å². The Bertz CT molecular complexity index is 2940. The van der Waals surface area contributed by atoms with Gasteiger partial charge in [0, 0.05) is 91.1 Å². The predicted molar refractivity (Wildman–Crippen MR) is 255 cm³/mol. The maximum atomic E-state index is 12.6. The van der Waals surface area contributed by atoms with Crippen LogP contribution in [0.25, 0.3) is 22.5 Å². The van der Waals surface area contributed by atoms with Gasteiger partial charge in [-0.1, -0.05) is 30.3 Å². The summed E-state index contributed by atoms with van der Waals surface area (Å²) < 4.78 is 23.8. The number of nitrogen functional groups attached to an aromatic ring is 1. The number of ether oxygens (including phenoxy) is 4. The highest BCUT2D eigenvalue weighted by molar-refractivity contribution is 5.75. The zero-order chi connectivity index (χ0) is 44.1. The fraction of sp³-hybridized carbons (Fsp3) is 0.250. The van der Waals surface area contributed by atoms with E-state index in [1.54, 1.807) is 18.3 Å². The summed E-state index contributed by atoms with van der Waals surface area (Å²) in [5.74, 6) is 3.27. The van der Waals surface area contributed by atoms with Crippen molar-refractivity contribution in [3.8, 4) is 45.5 Å². The SMILES string of the molecule is Nc1ccc2c(c1)CCc1cccc(-c3cc(N4CCOCC4)cc(=O)[nH]3)c1O2.O=c1cc(N2CCOCC2)cc(-c2cccc3c2Oc2ccc(NCc4cccnc4)cc2CC3)[nH]1. The summed E-state index contributed by atoms with van der Waals surface area (Å²) >= 11 is 0. The lowest BCUT2D eigenvalue weighted by Crippen LogP contribution is -2.36. The topological polar surface area (TPSA) is 160 Å². The molecule has 4 aliphatic heterocycles. The summed E-state index contributed by atoms with van der Waals surface area (Å²) in [7, 11) is 0. The van der Waals surface area contributed by atoms with E-state index in [0.717, 1.165) is 148 Å². The van der Waals surface area contributed by atoms with E-state index >= 15 is 0 Å². The molecule has 5 N–H and O–H groups in total. The molecule has 65 heavy (non-hydrogen) atoms. The second kappa shape index (κ2) is 18.8. The zero-order valence-corrected chi connectivity index (χ0v) is 36.1. The van der Waals surface area contributed by atoms with Crippen molar-refractivity contribution in [3.05, 3.63) is 170 Å². The van der Waals surface area contributed by atoms with Crippen molar-refractivity contribution in [2.24, 2.45) is 0 Å². The van der Waals surface area contributed by atoms with Crippen molar-refractivity contribution in [1.29, 1.82) is 0 Å². The molecule has 2 saturated heterocycles. The van der Waals surface area contributed by atoms with Crippen LogP contribution in [0, 0.1) is 0 Å². The molecule has 13 heteroatoms. The van der Waals surface area contributed by atoms with Gasteiger partial charge in [0.05, 0.1) is 37.8 Å². The molecule has 3 aromatic heterocycles. The number of hydrogen-bond donors (Lipinski definition) is 4. The fourth-order valence-corrected chi connectivity index (χ4v) is 8.93. The fourth-order valence-electron chi connectivity index (χ4n) is 8.93. The predicted octanol–water partition coefficient (Wildman–Crippen LogP) is 8.13. The molecule has 330 valence electrons. The minimum absolute atomic E-state index is 0.120. The first-order chi connectivity index (χ1) is 31.9. The van der Waals surface area contributed by atoms with Gasteiger partial charge in [0.1, 0.15) is 23.0 Å². The average Bonchev–Trinajstić information content (AvgIpc) is 3.65. The van der Waals surface area contributed by atoms with Gasteiger partial charge in [-0.25, -0.2) is 0 Å². The monoisotopic (exact) mass is 869 g/mol. The number of nitrogens with zero attached hydrogens (tertiary/aromatic N) is 3. The molecular weight excluding hydrogens is 819 g/mol. The lowest BCUT2D eigenvalue weighted by molar-refractivity contribution is 0.122. The molecule has 7 aromatic rings. The third kappa shape index (κ3) is 9.47. The molecular formula is C52H51N7O6. The Morgan fingerprint density at radius 3 is 1.68 bits per heavy atom. The van der Waals surface area contributed by atoms with Crippen molar-refractivity contribution in [1.82, 2.24) is 15.0 Å². The van der Waals surface area contributed by atoms with E-state index in [-0.39, 0.29) is 11.1 Å². The van der Waals surface area contributed by atoms with Crippen molar-refractivity contribution in [2.75, 3.05) is 73.5 Å². The normalized spacial score (nSPS) is 15.3. The molecule has 11 rings (SSSR count). The molecule has 4 aliphatic rings. The van der Waals surface area contributed by atoms with Crippen LogP contribution in [0.5, 0.6) is 23.0 Å². The van der Waals surface area contributed by atoms with Crippen LogP contribution in [0.15, 0.2) is 131 Å². The highest BCUT2D eigenvalue weighted by Gasteiger charge is 2.23. The van der Waals surface area contributed by atoms with Crippen molar-refractivity contribution < 1.29 is 18.9 Å². The van der Waals surface area contributed by atoms with Gasteiger partial charge in [-0.3, -0.25) is 14.6 Å². The Hall–Kier alpha value is -7.35. The standard InChI is InChI=1S/C29H28N4O3.C23H23N3O3/c34-28-17-24(33-11-13-35-14-12-33)16-26(32-28)25-5-1-4-21-6-7-22-15-23(8-9-27(22)36-29(21)25)31-19-20-3-2-10-30-18-20;24-17-6-7-21-16(12-17)5-4-15-2-1-3-19(23(15)29-21)20-13-18(14-22(27)25-20)26-8-10-28-11-9-26/h1-5,8-10,15-18,31H,6-7,11-14,19H2,(H,32,34);1-3,6-7,12-14H,4-5,8-11,24H2,(H,25,27). The van der Waals surface area contributed by atoms with Gasteiger partial charge in [0.25, 0.3) is 0 Å². The summed E-state index contributed by atoms with van der Waals surface area (Å²) in [5.41, 5.74) is 18.3. The molecule has 0 unspecified atom stereocenters. The molecule has 7 heterocycles. The summed E-state index contributed by atoms with van der Waals surface area (Å²) in [6.07, 6.45) is 7.10. The number of morpholine rings is 2. The van der Waals surface area contributed by atoms with E-state index in [1.807, 2.05) is 79.0 Å². The van der Waals surface area contributed by atoms with Crippen LogP contribution in [0.1, 0.15) is 27.8 Å². The lowest BCUT2D eigenvalue weighted by Gasteiger charge is -2.29. The summed E-state index contributed by atoms with van der Waals surface area (Å²) in [4.78, 5) is 39.6. The number of fused-ring (bicyclic) bond motifs is 4. The number of H-pyrrole nitrogens is 2. The van der Waals surface area contributed by atoms with E-state index in [2.05, 4.69) is 54.3 Å². The first-order valence-electron chi connectivity index (χ1n) is 22.3. The Kier molecular flexibility index (Phi) is 12.0. The maximum absolute atomic E-state index is 12.6. The molecule has 0 spiro atoms. The highest BCUT2D eigenvalue weighted by Crippen LogP contribution is 2.43. The van der Waals surface area contributed by atoms with Crippen molar-refractivity contribution >= 4 is 22.7 Å². The second-order valence-corrected chi connectivity index (χ2v) is 16.6. The zero-order valence-electron chi connectivity index (χ0n) is 36.1. The number of hydrogen-bond acceptors (Lipinski definition) is 11. The number of pyridine rings is 3. The number of nitrogens with two attached hydrogens (primary N) is 1. The maximum Gasteiger partial charge on any atom is 0.250 e. The number of nitrogens with one attached hydrogen (secondary N) is 3. The third-order valence-electron chi connectivity index (χ3n) is 12.3. The first kappa shape index (κ1) is 41.6. The number of aromatic amines is 2. The Balaban J connectivity index is 0.000000157. The molecule has 0 atom stereocenters. The smallest absolute Gasteiger partial charge is 0.250 e. The number of aromatic nitrogens is 3. The molecule has 0 bridgehead atoms. The van der Waals surface area contributed by atoms with Crippen LogP contribution in [0.3, 0.4) is 0 Å². The van der Waals surface area contributed by atoms with Gasteiger partial charge in [0.2, 0.25) is 11.1 Å². The minimum atomic E-state index is -0.122. The van der Waals surface area contributed by atoms with Crippen LogP contribution in [-0.4, -0.2) is 67.6 Å². The van der Waals surface area contributed by atoms with E-state index in [0.29, 0.717) is 33.0 Å². The third-order valence-corrected chi connectivity index (χ3v) is 12.3. The summed E-state index contributed by atoms with van der Waals surface area (Å²) in [6, 6.07) is 35.6. The van der Waals surface area contributed by atoms with E-state index in [1.165, 1.54) is 0 Å². The summed E-state index contributed by atoms with van der Waals surface area (Å²) in [5, 5.41) is 3.48. The largest absolute Gasteiger partial charge is 0.456 e. The van der Waals surface area contributed by atoms with Crippen LogP contribution in [0.4, 0.5) is 22.7 Å². The first-order valence-corrected chi connectivity index (χ1v) is 22.3. The number of benzene rings is 4. The highest BCUT2D eigenvalue weighted by atomic mass is 16.5. The quantitative estimate of drug-likeness (QED) is 0.115. The van der Waals surface area contributed by atoms with Gasteiger partial charge >= 0.3 is 0 Å². The van der Waals surface area contributed by atoms with Gasteiger partial charge in [-0.15, -0.1) is 0 Å². The van der Waals surface area contributed by atoms with E-state index < -0.39 is 0 Å². The van der Waals surface area contributed by atoms with Gasteiger partial charge in [-0.05, 0) is 120 Å².